The van der Waals surface area contributed by atoms with Crippen molar-refractivity contribution in [2.45, 2.75) is 46.7 Å². The van der Waals surface area contributed by atoms with Crippen molar-refractivity contribution < 1.29 is 4.39 Å². The van der Waals surface area contributed by atoms with Crippen LogP contribution in [-0.4, -0.2) is 12.6 Å². The molecule has 3 heteroatoms. The first-order valence-electron chi connectivity index (χ1n) is 6.64. The number of hydrogen-bond donors (Lipinski definition) is 1. The van der Waals surface area contributed by atoms with Gasteiger partial charge in [0.05, 0.1) is 5.69 Å². The SMILES string of the molecule is CC(C)CN(c1ccc([C@@H](C)N)cc1F)C(C)C. The average Bonchev–Trinajstić information content (AvgIpc) is 2.25. The van der Waals surface area contributed by atoms with Crippen molar-refractivity contribution in [3.05, 3.63) is 29.6 Å². The van der Waals surface area contributed by atoms with Gasteiger partial charge in [0, 0.05) is 18.6 Å². The van der Waals surface area contributed by atoms with Crippen molar-refractivity contribution in [1.82, 2.24) is 0 Å². The second-order valence-corrected chi connectivity index (χ2v) is 5.64. The van der Waals surface area contributed by atoms with Gasteiger partial charge in [-0.2, -0.15) is 0 Å². The van der Waals surface area contributed by atoms with Crippen molar-refractivity contribution in [3.8, 4) is 0 Å². The largest absolute Gasteiger partial charge is 0.366 e. The normalized spacial score (nSPS) is 13.2. The van der Waals surface area contributed by atoms with Crippen LogP contribution in [0.2, 0.25) is 0 Å². The van der Waals surface area contributed by atoms with E-state index in [4.69, 9.17) is 5.73 Å². The summed E-state index contributed by atoms with van der Waals surface area (Å²) < 4.78 is 14.2. The van der Waals surface area contributed by atoms with Crippen molar-refractivity contribution in [3.63, 3.8) is 0 Å². The topological polar surface area (TPSA) is 29.3 Å². The first kappa shape index (κ1) is 15.0. The molecular formula is C15H25FN2. The van der Waals surface area contributed by atoms with Crippen LogP contribution in [0.5, 0.6) is 0 Å². The molecule has 0 bridgehead atoms. The molecule has 0 amide bonds. The Labute approximate surface area is 110 Å². The molecule has 0 aliphatic rings. The van der Waals surface area contributed by atoms with Crippen LogP contribution in [0, 0.1) is 11.7 Å². The van der Waals surface area contributed by atoms with Crippen molar-refractivity contribution >= 4 is 5.69 Å². The van der Waals surface area contributed by atoms with E-state index in [9.17, 15) is 4.39 Å². The maximum absolute atomic E-state index is 14.2. The van der Waals surface area contributed by atoms with E-state index in [0.717, 1.165) is 12.1 Å². The van der Waals surface area contributed by atoms with Crippen LogP contribution >= 0.6 is 0 Å². The van der Waals surface area contributed by atoms with Gasteiger partial charge in [-0.05, 0) is 44.4 Å². The number of hydrogen-bond acceptors (Lipinski definition) is 2. The standard InChI is InChI=1S/C15H25FN2/c1-10(2)9-18(11(3)4)15-7-6-13(12(5)17)8-14(15)16/h6-8,10-12H,9,17H2,1-5H3/t12-/m1/s1. The maximum Gasteiger partial charge on any atom is 0.146 e. The van der Waals surface area contributed by atoms with Gasteiger partial charge in [0.2, 0.25) is 0 Å². The smallest absolute Gasteiger partial charge is 0.146 e. The Morgan fingerprint density at radius 3 is 2.17 bits per heavy atom. The summed E-state index contributed by atoms with van der Waals surface area (Å²) in [5.41, 5.74) is 7.28. The van der Waals surface area contributed by atoms with Gasteiger partial charge in [0.15, 0.2) is 0 Å². The molecule has 0 radical (unpaired) electrons. The minimum Gasteiger partial charge on any atom is -0.366 e. The van der Waals surface area contributed by atoms with Crippen LogP contribution in [-0.2, 0) is 0 Å². The van der Waals surface area contributed by atoms with Crippen molar-refractivity contribution in [2.24, 2.45) is 11.7 Å². The fourth-order valence-electron chi connectivity index (χ4n) is 2.02. The molecule has 1 rings (SSSR count). The molecule has 0 fully saturated rings. The van der Waals surface area contributed by atoms with Crippen LogP contribution in [0.4, 0.5) is 10.1 Å². The summed E-state index contributed by atoms with van der Waals surface area (Å²) in [7, 11) is 0. The molecule has 1 aromatic rings. The molecule has 1 aromatic carbocycles. The Kier molecular flexibility index (Phi) is 5.15. The van der Waals surface area contributed by atoms with Gasteiger partial charge in [0.25, 0.3) is 0 Å². The molecule has 0 heterocycles. The van der Waals surface area contributed by atoms with Crippen LogP contribution in [0.25, 0.3) is 0 Å². The highest BCUT2D eigenvalue weighted by atomic mass is 19.1. The molecule has 2 N–H and O–H groups in total. The predicted molar refractivity (Wildman–Crippen MR) is 76.3 cm³/mol. The van der Waals surface area contributed by atoms with E-state index in [1.54, 1.807) is 6.07 Å². The molecule has 0 saturated carbocycles. The van der Waals surface area contributed by atoms with E-state index in [2.05, 4.69) is 32.6 Å². The molecule has 18 heavy (non-hydrogen) atoms. The van der Waals surface area contributed by atoms with Gasteiger partial charge in [-0.25, -0.2) is 4.39 Å². The quantitative estimate of drug-likeness (QED) is 0.865. The third-order valence-corrected chi connectivity index (χ3v) is 2.99. The summed E-state index contributed by atoms with van der Waals surface area (Å²) in [6.45, 7) is 11.2. The summed E-state index contributed by atoms with van der Waals surface area (Å²) >= 11 is 0. The summed E-state index contributed by atoms with van der Waals surface area (Å²) in [6.07, 6.45) is 0. The number of nitrogens with zero attached hydrogens (tertiary/aromatic N) is 1. The van der Waals surface area contributed by atoms with E-state index in [1.165, 1.54) is 0 Å². The lowest BCUT2D eigenvalue weighted by Crippen LogP contribution is -2.34. The molecule has 0 aliphatic carbocycles. The Morgan fingerprint density at radius 2 is 1.78 bits per heavy atom. The number of anilines is 1. The Hall–Kier alpha value is -1.09. The molecule has 0 saturated heterocycles. The Morgan fingerprint density at radius 1 is 1.17 bits per heavy atom. The van der Waals surface area contributed by atoms with Gasteiger partial charge in [0.1, 0.15) is 5.82 Å². The molecule has 0 aromatic heterocycles. The fraction of sp³-hybridized carbons (Fsp3) is 0.600. The Bertz CT molecular complexity index is 386. The fourth-order valence-corrected chi connectivity index (χ4v) is 2.02. The highest BCUT2D eigenvalue weighted by Crippen LogP contribution is 2.25. The summed E-state index contributed by atoms with van der Waals surface area (Å²) in [4.78, 5) is 2.10. The Balaban J connectivity index is 3.05. The minimum absolute atomic E-state index is 0.133. The second-order valence-electron chi connectivity index (χ2n) is 5.64. The van der Waals surface area contributed by atoms with Gasteiger partial charge in [-0.15, -0.1) is 0 Å². The molecular weight excluding hydrogens is 227 g/mol. The summed E-state index contributed by atoms with van der Waals surface area (Å²) in [5.74, 6) is 0.319. The van der Waals surface area contributed by atoms with Crippen LogP contribution in [0.3, 0.4) is 0 Å². The maximum atomic E-state index is 14.2. The van der Waals surface area contributed by atoms with Gasteiger partial charge in [-0.3, -0.25) is 0 Å². The van der Waals surface area contributed by atoms with Crippen LogP contribution in [0.15, 0.2) is 18.2 Å². The van der Waals surface area contributed by atoms with Crippen molar-refractivity contribution in [1.29, 1.82) is 0 Å². The lowest BCUT2D eigenvalue weighted by Gasteiger charge is -2.31. The molecule has 2 nitrogen and oxygen atoms in total. The zero-order valence-corrected chi connectivity index (χ0v) is 12.1. The predicted octanol–water partition coefficient (Wildman–Crippen LogP) is 3.72. The summed E-state index contributed by atoms with van der Waals surface area (Å²) in [6, 6.07) is 5.46. The van der Waals surface area contributed by atoms with Gasteiger partial charge >= 0.3 is 0 Å². The second kappa shape index (κ2) is 6.19. The molecule has 0 aliphatic heterocycles. The number of nitrogens with two attached hydrogens (primary N) is 1. The van der Waals surface area contributed by atoms with Crippen molar-refractivity contribution in [2.75, 3.05) is 11.4 Å². The van der Waals surface area contributed by atoms with Crippen LogP contribution in [0.1, 0.15) is 46.2 Å². The molecule has 102 valence electrons. The van der Waals surface area contributed by atoms with Crippen LogP contribution < -0.4 is 10.6 Å². The van der Waals surface area contributed by atoms with E-state index in [0.29, 0.717) is 11.6 Å². The van der Waals surface area contributed by atoms with Gasteiger partial charge < -0.3 is 10.6 Å². The zero-order valence-electron chi connectivity index (χ0n) is 12.1. The highest BCUT2D eigenvalue weighted by Gasteiger charge is 2.16. The lowest BCUT2D eigenvalue weighted by molar-refractivity contribution is 0.548. The minimum atomic E-state index is -0.181. The molecule has 0 spiro atoms. The highest BCUT2D eigenvalue weighted by molar-refractivity contribution is 5.50. The van der Waals surface area contributed by atoms with Gasteiger partial charge in [-0.1, -0.05) is 19.9 Å². The van der Waals surface area contributed by atoms with E-state index < -0.39 is 0 Å². The lowest BCUT2D eigenvalue weighted by atomic mass is 10.1. The number of halogens is 1. The van der Waals surface area contributed by atoms with E-state index in [1.807, 2.05) is 19.1 Å². The third-order valence-electron chi connectivity index (χ3n) is 2.99. The van der Waals surface area contributed by atoms with E-state index >= 15 is 0 Å². The monoisotopic (exact) mass is 252 g/mol. The summed E-state index contributed by atoms with van der Waals surface area (Å²) in [5, 5.41) is 0. The number of rotatable bonds is 5. The first-order valence-corrected chi connectivity index (χ1v) is 6.64. The molecule has 0 unspecified atom stereocenters. The third kappa shape index (κ3) is 3.70. The molecule has 1 atom stereocenters. The first-order chi connectivity index (χ1) is 8.32. The van der Waals surface area contributed by atoms with E-state index in [-0.39, 0.29) is 17.9 Å². The average molecular weight is 252 g/mol. The number of benzene rings is 1. The zero-order chi connectivity index (χ0) is 13.9.